The zero-order valence-electron chi connectivity index (χ0n) is 11.6. The summed E-state index contributed by atoms with van der Waals surface area (Å²) in [5.41, 5.74) is 1.41. The Morgan fingerprint density at radius 1 is 1.52 bits per heavy atom. The molecule has 0 saturated carbocycles. The van der Waals surface area contributed by atoms with Crippen LogP contribution in [0.5, 0.6) is 0 Å². The maximum absolute atomic E-state index is 11.3. The third kappa shape index (κ3) is 3.38. The lowest BCUT2D eigenvalue weighted by Crippen LogP contribution is -2.30. The van der Waals surface area contributed by atoms with Gasteiger partial charge in [0.2, 0.25) is 0 Å². The van der Waals surface area contributed by atoms with Gasteiger partial charge in [0, 0.05) is 32.3 Å². The average Bonchev–Trinajstić information content (AvgIpc) is 2.47. The van der Waals surface area contributed by atoms with Crippen LogP contribution in [0.15, 0.2) is 29.8 Å². The molecule has 112 valence electrons. The van der Waals surface area contributed by atoms with Crippen molar-refractivity contribution in [2.75, 3.05) is 31.7 Å². The molecular weight excluding hydrogens is 276 g/mol. The molecule has 1 heterocycles. The number of non-ortho nitro benzene ring substituents is 1. The summed E-state index contributed by atoms with van der Waals surface area (Å²) in [5.74, 6) is -1.17. The van der Waals surface area contributed by atoms with Crippen molar-refractivity contribution < 1.29 is 19.6 Å². The van der Waals surface area contributed by atoms with Crippen LogP contribution in [0, 0.1) is 10.1 Å². The van der Waals surface area contributed by atoms with Crippen LogP contribution in [0.25, 0.3) is 0 Å². The second-order valence-electron chi connectivity index (χ2n) is 4.76. The van der Waals surface area contributed by atoms with Gasteiger partial charge in [-0.2, -0.15) is 0 Å². The van der Waals surface area contributed by atoms with E-state index in [0.29, 0.717) is 25.4 Å². The minimum atomic E-state index is -1.17. The van der Waals surface area contributed by atoms with E-state index in [1.807, 2.05) is 11.0 Å². The number of carboxylic acids is 1. The molecule has 0 atom stereocenters. The highest BCUT2D eigenvalue weighted by Gasteiger charge is 2.21. The molecule has 1 aliphatic heterocycles. The SMILES string of the molecule is COCC1=CCN(c2ccc([N+](=O)[O-])cc2C(=O)O)CC1. The summed E-state index contributed by atoms with van der Waals surface area (Å²) < 4.78 is 5.07. The summed E-state index contributed by atoms with van der Waals surface area (Å²) in [6, 6.07) is 3.93. The fraction of sp³-hybridized carbons (Fsp3) is 0.357. The Kier molecular flexibility index (Phi) is 4.54. The van der Waals surface area contributed by atoms with E-state index in [1.165, 1.54) is 17.7 Å². The number of hydrogen-bond acceptors (Lipinski definition) is 5. The molecule has 0 saturated heterocycles. The van der Waals surface area contributed by atoms with Crippen LogP contribution in [0.1, 0.15) is 16.8 Å². The lowest BCUT2D eigenvalue weighted by Gasteiger charge is -2.29. The van der Waals surface area contributed by atoms with Gasteiger partial charge in [0.25, 0.3) is 5.69 Å². The molecule has 7 nitrogen and oxygen atoms in total. The molecule has 0 aromatic heterocycles. The first kappa shape index (κ1) is 15.0. The minimum Gasteiger partial charge on any atom is -0.478 e. The summed E-state index contributed by atoms with van der Waals surface area (Å²) in [6.07, 6.45) is 2.78. The van der Waals surface area contributed by atoms with E-state index in [-0.39, 0.29) is 11.3 Å². The number of anilines is 1. The third-order valence-electron chi connectivity index (χ3n) is 3.39. The second-order valence-corrected chi connectivity index (χ2v) is 4.76. The minimum absolute atomic E-state index is 0.0483. The topological polar surface area (TPSA) is 92.9 Å². The van der Waals surface area contributed by atoms with Crippen molar-refractivity contribution in [3.05, 3.63) is 45.5 Å². The molecule has 1 aromatic rings. The molecule has 0 aliphatic carbocycles. The normalized spacial score (nSPS) is 14.7. The number of methoxy groups -OCH3 is 1. The Hall–Kier alpha value is -2.41. The highest BCUT2D eigenvalue weighted by molar-refractivity contribution is 5.95. The average molecular weight is 292 g/mol. The smallest absolute Gasteiger partial charge is 0.338 e. The first-order chi connectivity index (χ1) is 10.0. The van der Waals surface area contributed by atoms with Crippen molar-refractivity contribution in [1.82, 2.24) is 0 Å². The van der Waals surface area contributed by atoms with Gasteiger partial charge in [0.1, 0.15) is 0 Å². The fourth-order valence-electron chi connectivity index (χ4n) is 2.33. The number of aromatic carboxylic acids is 1. The Morgan fingerprint density at radius 3 is 2.81 bits per heavy atom. The van der Waals surface area contributed by atoms with Crippen molar-refractivity contribution in [2.45, 2.75) is 6.42 Å². The summed E-state index contributed by atoms with van der Waals surface area (Å²) in [4.78, 5) is 23.4. The number of ether oxygens (including phenoxy) is 1. The summed E-state index contributed by atoms with van der Waals surface area (Å²) in [5, 5.41) is 20.0. The molecule has 0 fully saturated rings. The van der Waals surface area contributed by atoms with Crippen molar-refractivity contribution in [2.24, 2.45) is 0 Å². The molecule has 21 heavy (non-hydrogen) atoms. The number of carboxylic acid groups (broad SMARTS) is 1. The van der Waals surface area contributed by atoms with Crippen LogP contribution in [0.3, 0.4) is 0 Å². The van der Waals surface area contributed by atoms with E-state index in [1.54, 1.807) is 7.11 Å². The Bertz CT molecular complexity index is 597. The van der Waals surface area contributed by atoms with E-state index in [2.05, 4.69) is 0 Å². The largest absolute Gasteiger partial charge is 0.478 e. The molecule has 0 bridgehead atoms. The summed E-state index contributed by atoms with van der Waals surface area (Å²) >= 11 is 0. The zero-order chi connectivity index (χ0) is 15.4. The maximum Gasteiger partial charge on any atom is 0.338 e. The third-order valence-corrected chi connectivity index (χ3v) is 3.39. The van der Waals surface area contributed by atoms with Crippen LogP contribution in [0.2, 0.25) is 0 Å². The summed E-state index contributed by atoms with van der Waals surface area (Å²) in [6.45, 7) is 1.80. The Morgan fingerprint density at radius 2 is 2.29 bits per heavy atom. The number of benzene rings is 1. The summed E-state index contributed by atoms with van der Waals surface area (Å²) in [7, 11) is 1.63. The molecule has 0 unspecified atom stereocenters. The standard InChI is InChI=1S/C14H16N2O5/c1-21-9-10-4-6-15(7-5-10)13-3-2-11(16(19)20)8-12(13)14(17)18/h2-4,8H,5-7,9H2,1H3,(H,17,18). The van der Waals surface area contributed by atoms with Crippen LogP contribution >= 0.6 is 0 Å². The Labute approximate surface area is 121 Å². The van der Waals surface area contributed by atoms with E-state index in [4.69, 9.17) is 4.74 Å². The van der Waals surface area contributed by atoms with E-state index < -0.39 is 10.9 Å². The van der Waals surface area contributed by atoms with Gasteiger partial charge in [0.15, 0.2) is 0 Å². The van der Waals surface area contributed by atoms with Gasteiger partial charge in [-0.3, -0.25) is 10.1 Å². The first-order valence-electron chi connectivity index (χ1n) is 6.46. The second kappa shape index (κ2) is 6.36. The molecule has 7 heteroatoms. The van der Waals surface area contributed by atoms with Crippen LogP contribution in [0.4, 0.5) is 11.4 Å². The molecule has 1 aromatic carbocycles. The van der Waals surface area contributed by atoms with Crippen LogP contribution in [-0.4, -0.2) is 42.8 Å². The van der Waals surface area contributed by atoms with Gasteiger partial charge in [-0.1, -0.05) is 6.08 Å². The van der Waals surface area contributed by atoms with E-state index in [0.717, 1.165) is 12.5 Å². The van der Waals surface area contributed by atoms with Gasteiger partial charge in [-0.15, -0.1) is 0 Å². The van der Waals surface area contributed by atoms with Gasteiger partial charge < -0.3 is 14.7 Å². The van der Waals surface area contributed by atoms with Gasteiger partial charge >= 0.3 is 5.97 Å². The number of carbonyl (C=O) groups is 1. The lowest BCUT2D eigenvalue weighted by molar-refractivity contribution is -0.384. The first-order valence-corrected chi connectivity index (χ1v) is 6.46. The molecule has 1 N–H and O–H groups in total. The van der Waals surface area contributed by atoms with E-state index in [9.17, 15) is 20.0 Å². The molecule has 1 aliphatic rings. The monoisotopic (exact) mass is 292 g/mol. The van der Waals surface area contributed by atoms with Gasteiger partial charge in [-0.05, 0) is 18.1 Å². The van der Waals surface area contributed by atoms with Crippen LogP contribution < -0.4 is 4.90 Å². The van der Waals surface area contributed by atoms with E-state index >= 15 is 0 Å². The predicted octanol–water partition coefficient (Wildman–Crippen LogP) is 2.08. The van der Waals surface area contributed by atoms with Gasteiger partial charge in [-0.25, -0.2) is 4.79 Å². The molecule has 0 amide bonds. The zero-order valence-corrected chi connectivity index (χ0v) is 11.6. The molecule has 0 spiro atoms. The maximum atomic E-state index is 11.3. The number of nitrogens with zero attached hydrogens (tertiary/aromatic N) is 2. The highest BCUT2D eigenvalue weighted by atomic mass is 16.6. The predicted molar refractivity (Wildman–Crippen MR) is 76.8 cm³/mol. The molecule has 2 rings (SSSR count). The number of nitro benzene ring substituents is 1. The lowest BCUT2D eigenvalue weighted by atomic mass is 10.1. The molecule has 0 radical (unpaired) electrons. The van der Waals surface area contributed by atoms with Crippen molar-refractivity contribution in [1.29, 1.82) is 0 Å². The van der Waals surface area contributed by atoms with Crippen LogP contribution in [-0.2, 0) is 4.74 Å². The van der Waals surface area contributed by atoms with Gasteiger partial charge in [0.05, 0.1) is 22.8 Å². The number of nitro groups is 1. The highest BCUT2D eigenvalue weighted by Crippen LogP contribution is 2.27. The number of rotatable bonds is 5. The quantitative estimate of drug-likeness (QED) is 0.507. The fourth-order valence-corrected chi connectivity index (χ4v) is 2.33. The Balaban J connectivity index is 2.28. The van der Waals surface area contributed by atoms with Crippen molar-refractivity contribution >= 4 is 17.3 Å². The van der Waals surface area contributed by atoms with Crippen molar-refractivity contribution in [3.8, 4) is 0 Å². The number of hydrogen-bond donors (Lipinski definition) is 1. The molecular formula is C14H16N2O5. The van der Waals surface area contributed by atoms with Crippen molar-refractivity contribution in [3.63, 3.8) is 0 Å².